The first kappa shape index (κ1) is 13.9. The predicted octanol–water partition coefficient (Wildman–Crippen LogP) is 4.95. The molecule has 0 aliphatic carbocycles. The van der Waals surface area contributed by atoms with Crippen molar-refractivity contribution >= 4 is 54.6 Å². The van der Waals surface area contributed by atoms with Crippen LogP contribution in [0, 0.1) is 0 Å². The molecule has 0 aliphatic rings. The van der Waals surface area contributed by atoms with Crippen molar-refractivity contribution in [3.8, 4) is 0 Å². The highest BCUT2D eigenvalue weighted by Gasteiger charge is 2.06. The maximum Gasteiger partial charge on any atom is 0.0597 e. The first-order valence-electron chi connectivity index (χ1n) is 5.50. The molecule has 0 radical (unpaired) electrons. The number of nitrogens with zero attached hydrogens (tertiary/aromatic N) is 1. The van der Waals surface area contributed by atoms with Crippen LogP contribution in [-0.4, -0.2) is 14.1 Å². The molecule has 5 heteroatoms. The van der Waals surface area contributed by atoms with Gasteiger partial charge in [0.25, 0.3) is 0 Å². The quantitative estimate of drug-likeness (QED) is 0.795. The van der Waals surface area contributed by atoms with E-state index in [9.17, 15) is 0 Å². The van der Waals surface area contributed by atoms with Crippen LogP contribution in [0.5, 0.6) is 0 Å². The van der Waals surface area contributed by atoms with E-state index in [0.717, 1.165) is 16.7 Å². The summed E-state index contributed by atoms with van der Waals surface area (Å²) in [4.78, 5) is 3.41. The van der Waals surface area contributed by atoms with E-state index in [4.69, 9.17) is 0 Å². The molecule has 1 N–H and O–H groups in total. The van der Waals surface area contributed by atoms with Gasteiger partial charge in [-0.2, -0.15) is 0 Å². The van der Waals surface area contributed by atoms with E-state index in [1.54, 1.807) is 11.3 Å². The molecule has 0 saturated carbocycles. The van der Waals surface area contributed by atoms with Crippen LogP contribution >= 0.6 is 43.2 Å². The molecule has 18 heavy (non-hydrogen) atoms. The van der Waals surface area contributed by atoms with Gasteiger partial charge in [-0.15, -0.1) is 11.3 Å². The number of nitrogens with one attached hydrogen (secondary N) is 1. The number of hydrogen-bond donors (Lipinski definition) is 1. The molecule has 0 saturated heterocycles. The Morgan fingerprint density at radius 1 is 1.22 bits per heavy atom. The van der Waals surface area contributed by atoms with E-state index < -0.39 is 0 Å². The van der Waals surface area contributed by atoms with Crippen molar-refractivity contribution in [3.05, 3.63) is 43.5 Å². The minimum absolute atomic E-state index is 0.829. The molecule has 0 aliphatic heterocycles. The highest BCUT2D eigenvalue weighted by Crippen LogP contribution is 2.30. The second kappa shape index (κ2) is 6.08. The van der Waals surface area contributed by atoms with E-state index in [0.29, 0.717) is 0 Å². The second-order valence-electron chi connectivity index (χ2n) is 4.10. The molecule has 0 fully saturated rings. The van der Waals surface area contributed by atoms with Gasteiger partial charge in [-0.1, -0.05) is 15.9 Å². The molecular formula is C13H14Br2N2S. The van der Waals surface area contributed by atoms with Crippen LogP contribution in [0.25, 0.3) is 0 Å². The number of benzene rings is 1. The van der Waals surface area contributed by atoms with Gasteiger partial charge in [0.2, 0.25) is 0 Å². The first-order chi connectivity index (χ1) is 8.58. The summed E-state index contributed by atoms with van der Waals surface area (Å²) >= 11 is 8.82. The largest absolute Gasteiger partial charge is 0.378 e. The van der Waals surface area contributed by atoms with Crippen molar-refractivity contribution in [2.24, 2.45) is 0 Å². The third-order valence-electron chi connectivity index (χ3n) is 2.57. The minimum atomic E-state index is 0.829. The van der Waals surface area contributed by atoms with E-state index >= 15 is 0 Å². The zero-order valence-corrected chi connectivity index (χ0v) is 14.2. The van der Waals surface area contributed by atoms with Gasteiger partial charge < -0.3 is 10.2 Å². The molecule has 1 heterocycles. The van der Waals surface area contributed by atoms with Gasteiger partial charge in [0.05, 0.1) is 17.9 Å². The maximum atomic E-state index is 3.55. The molecule has 96 valence electrons. The summed E-state index contributed by atoms with van der Waals surface area (Å²) in [7, 11) is 4.10. The van der Waals surface area contributed by atoms with Gasteiger partial charge in [0.15, 0.2) is 0 Å². The van der Waals surface area contributed by atoms with Crippen molar-refractivity contribution in [1.82, 2.24) is 0 Å². The van der Waals surface area contributed by atoms with E-state index in [1.807, 2.05) is 0 Å². The number of hydrogen-bond acceptors (Lipinski definition) is 3. The zero-order valence-electron chi connectivity index (χ0n) is 10.2. The van der Waals surface area contributed by atoms with Crippen LogP contribution in [-0.2, 0) is 6.54 Å². The lowest BCUT2D eigenvalue weighted by Gasteiger charge is -2.18. The maximum absolute atomic E-state index is 3.55. The second-order valence-corrected chi connectivity index (χ2v) is 6.87. The Hall–Kier alpha value is -0.520. The molecule has 2 aromatic rings. The van der Waals surface area contributed by atoms with E-state index in [1.165, 1.54) is 15.0 Å². The average Bonchev–Trinajstić information content (AvgIpc) is 2.72. The molecule has 2 nitrogen and oxygen atoms in total. The molecule has 1 aromatic carbocycles. The number of thiophene rings is 1. The van der Waals surface area contributed by atoms with E-state index in [-0.39, 0.29) is 0 Å². The lowest BCUT2D eigenvalue weighted by Crippen LogP contribution is -2.12. The van der Waals surface area contributed by atoms with Crippen LogP contribution in [0.4, 0.5) is 11.4 Å². The Balaban J connectivity index is 2.18. The molecule has 0 spiro atoms. The minimum Gasteiger partial charge on any atom is -0.378 e. The van der Waals surface area contributed by atoms with Crippen LogP contribution in [0.15, 0.2) is 38.6 Å². The van der Waals surface area contributed by atoms with Gasteiger partial charge in [-0.3, -0.25) is 0 Å². The van der Waals surface area contributed by atoms with Crippen molar-refractivity contribution in [1.29, 1.82) is 0 Å². The monoisotopic (exact) mass is 388 g/mol. The van der Waals surface area contributed by atoms with Gasteiger partial charge in [-0.25, -0.2) is 0 Å². The number of halogens is 2. The molecule has 1 aromatic heterocycles. The summed E-state index contributed by atoms with van der Waals surface area (Å²) in [6, 6.07) is 8.35. The SMILES string of the molecule is CN(C)c1ccc(Br)cc1NCc1sccc1Br. The summed E-state index contributed by atoms with van der Waals surface area (Å²) in [6.07, 6.45) is 0. The Labute approximate surface area is 128 Å². The standard InChI is InChI=1S/C13H14Br2N2S/c1-17(2)12-4-3-9(14)7-11(12)16-8-13-10(15)5-6-18-13/h3-7,16H,8H2,1-2H3. The number of anilines is 2. The molecule has 0 unspecified atom stereocenters. The zero-order chi connectivity index (χ0) is 13.1. The smallest absolute Gasteiger partial charge is 0.0597 e. The van der Waals surface area contributed by atoms with Crippen LogP contribution in [0.2, 0.25) is 0 Å². The van der Waals surface area contributed by atoms with Crippen LogP contribution in [0.3, 0.4) is 0 Å². The van der Waals surface area contributed by atoms with Crippen molar-refractivity contribution < 1.29 is 0 Å². The van der Waals surface area contributed by atoms with Gasteiger partial charge >= 0.3 is 0 Å². The topological polar surface area (TPSA) is 15.3 Å². The lowest BCUT2D eigenvalue weighted by atomic mass is 10.2. The Kier molecular flexibility index (Phi) is 4.70. The fraction of sp³-hybridized carbons (Fsp3) is 0.231. The van der Waals surface area contributed by atoms with E-state index in [2.05, 4.69) is 85.8 Å². The molecule has 0 bridgehead atoms. The average molecular weight is 390 g/mol. The summed E-state index contributed by atoms with van der Waals surface area (Å²) in [6.45, 7) is 0.829. The fourth-order valence-electron chi connectivity index (χ4n) is 1.67. The molecular weight excluding hydrogens is 376 g/mol. The number of rotatable bonds is 4. The third kappa shape index (κ3) is 3.28. The fourth-order valence-corrected chi connectivity index (χ4v) is 3.46. The Morgan fingerprint density at radius 2 is 2.00 bits per heavy atom. The van der Waals surface area contributed by atoms with Crippen LogP contribution in [0.1, 0.15) is 4.88 Å². The van der Waals surface area contributed by atoms with Crippen molar-refractivity contribution in [3.63, 3.8) is 0 Å². The molecule has 2 rings (SSSR count). The first-order valence-corrected chi connectivity index (χ1v) is 7.97. The highest BCUT2D eigenvalue weighted by atomic mass is 79.9. The summed E-state index contributed by atoms with van der Waals surface area (Å²) in [5.74, 6) is 0. The predicted molar refractivity (Wildman–Crippen MR) is 87.8 cm³/mol. The Bertz CT molecular complexity index is 538. The van der Waals surface area contributed by atoms with Gasteiger partial charge in [0, 0.05) is 27.9 Å². The summed E-state index contributed by atoms with van der Waals surface area (Å²) < 4.78 is 2.25. The third-order valence-corrected chi connectivity index (χ3v) is 4.99. The van der Waals surface area contributed by atoms with Crippen LogP contribution < -0.4 is 10.2 Å². The summed E-state index contributed by atoms with van der Waals surface area (Å²) in [5.41, 5.74) is 2.32. The highest BCUT2D eigenvalue weighted by molar-refractivity contribution is 9.10. The van der Waals surface area contributed by atoms with Crippen molar-refractivity contribution in [2.75, 3.05) is 24.3 Å². The molecule has 0 atom stereocenters. The van der Waals surface area contributed by atoms with Gasteiger partial charge in [0.1, 0.15) is 0 Å². The van der Waals surface area contributed by atoms with Crippen molar-refractivity contribution in [2.45, 2.75) is 6.54 Å². The Morgan fingerprint density at radius 3 is 2.61 bits per heavy atom. The normalized spacial score (nSPS) is 10.4. The van der Waals surface area contributed by atoms with Gasteiger partial charge in [-0.05, 0) is 45.6 Å². The molecule has 0 amide bonds. The summed E-state index contributed by atoms with van der Waals surface area (Å²) in [5, 5.41) is 5.58. The lowest BCUT2D eigenvalue weighted by molar-refractivity contribution is 1.11.